The molecule has 3 aromatic rings. The Balaban J connectivity index is 1.46. The number of methoxy groups -OCH3 is 1. The van der Waals surface area contributed by atoms with Crippen LogP contribution in [-0.2, 0) is 0 Å². The van der Waals surface area contributed by atoms with Crippen LogP contribution < -0.4 is 15.0 Å². The van der Waals surface area contributed by atoms with E-state index >= 15 is 0 Å². The summed E-state index contributed by atoms with van der Waals surface area (Å²) in [5, 5.41) is 6.46. The summed E-state index contributed by atoms with van der Waals surface area (Å²) in [4.78, 5) is 24.3. The zero-order chi connectivity index (χ0) is 18.8. The van der Waals surface area contributed by atoms with Crippen LogP contribution in [0.3, 0.4) is 0 Å². The Hall–Kier alpha value is -3.29. The molecule has 0 unspecified atom stereocenters. The first-order valence-electron chi connectivity index (χ1n) is 8.66. The van der Waals surface area contributed by atoms with E-state index in [0.29, 0.717) is 41.4 Å². The van der Waals surface area contributed by atoms with Gasteiger partial charge in [-0.1, -0.05) is 0 Å². The molecule has 0 spiro atoms. The molecule has 0 amide bonds. The second-order valence-corrected chi connectivity index (χ2v) is 6.48. The lowest BCUT2D eigenvalue weighted by atomic mass is 10.2. The zero-order valence-corrected chi connectivity index (χ0v) is 15.0. The molecule has 3 heterocycles. The van der Waals surface area contributed by atoms with Gasteiger partial charge in [0.2, 0.25) is 5.88 Å². The van der Waals surface area contributed by atoms with E-state index in [2.05, 4.69) is 25.1 Å². The average Bonchev–Trinajstić information content (AvgIpc) is 3.47. The molecule has 4 rings (SSSR count). The highest BCUT2D eigenvalue weighted by Crippen LogP contribution is 2.47. The first kappa shape index (κ1) is 17.1. The SMILES string of the molecule is COc1ccc([C@H]2C[C@@H]2COc2nc(C)ncc2-c2ccc(=O)[nH]n2)nc1. The number of aromatic nitrogens is 5. The number of aryl methyl sites for hydroxylation is 1. The highest BCUT2D eigenvalue weighted by Gasteiger charge is 2.40. The van der Waals surface area contributed by atoms with E-state index in [1.54, 1.807) is 32.5 Å². The fraction of sp³-hybridized carbons (Fsp3) is 0.316. The summed E-state index contributed by atoms with van der Waals surface area (Å²) in [5.41, 5.74) is 2.00. The molecule has 8 heteroatoms. The molecule has 2 atom stereocenters. The molecule has 1 N–H and O–H groups in total. The number of H-pyrrole nitrogens is 1. The Morgan fingerprint density at radius 2 is 2.07 bits per heavy atom. The summed E-state index contributed by atoms with van der Waals surface area (Å²) in [6.45, 7) is 2.34. The molecule has 1 aliphatic carbocycles. The van der Waals surface area contributed by atoms with Gasteiger partial charge in [-0.05, 0) is 31.5 Å². The van der Waals surface area contributed by atoms with Crippen LogP contribution in [0.2, 0.25) is 0 Å². The van der Waals surface area contributed by atoms with Crippen LogP contribution in [0.4, 0.5) is 0 Å². The van der Waals surface area contributed by atoms with Gasteiger partial charge in [0.05, 0.1) is 31.2 Å². The molecule has 0 bridgehead atoms. The fourth-order valence-electron chi connectivity index (χ4n) is 2.94. The van der Waals surface area contributed by atoms with Crippen LogP contribution in [0.5, 0.6) is 11.6 Å². The molecular weight excluding hydrogens is 346 g/mol. The fourth-order valence-corrected chi connectivity index (χ4v) is 2.94. The second-order valence-electron chi connectivity index (χ2n) is 6.48. The summed E-state index contributed by atoms with van der Waals surface area (Å²) in [5.74, 6) is 2.60. The van der Waals surface area contributed by atoms with Gasteiger partial charge in [0, 0.05) is 29.8 Å². The number of hydrogen-bond donors (Lipinski definition) is 1. The number of nitrogens with zero attached hydrogens (tertiary/aromatic N) is 4. The monoisotopic (exact) mass is 365 g/mol. The van der Waals surface area contributed by atoms with Gasteiger partial charge in [-0.3, -0.25) is 9.78 Å². The summed E-state index contributed by atoms with van der Waals surface area (Å²) >= 11 is 0. The van der Waals surface area contributed by atoms with Crippen LogP contribution >= 0.6 is 0 Å². The van der Waals surface area contributed by atoms with Crippen molar-refractivity contribution in [2.75, 3.05) is 13.7 Å². The highest BCUT2D eigenvalue weighted by atomic mass is 16.5. The molecule has 0 aromatic carbocycles. The maximum Gasteiger partial charge on any atom is 0.264 e. The predicted octanol–water partition coefficient (Wildman–Crippen LogP) is 2.12. The summed E-state index contributed by atoms with van der Waals surface area (Å²) in [6.07, 6.45) is 4.42. The van der Waals surface area contributed by atoms with E-state index < -0.39 is 0 Å². The molecule has 0 saturated heterocycles. The Labute approximate surface area is 155 Å². The first-order chi connectivity index (χ1) is 13.1. The summed E-state index contributed by atoms with van der Waals surface area (Å²) in [7, 11) is 1.63. The van der Waals surface area contributed by atoms with E-state index in [-0.39, 0.29) is 5.56 Å². The van der Waals surface area contributed by atoms with Crippen LogP contribution in [-0.4, -0.2) is 38.9 Å². The van der Waals surface area contributed by atoms with Gasteiger partial charge in [0.15, 0.2) is 0 Å². The second kappa shape index (κ2) is 7.14. The predicted molar refractivity (Wildman–Crippen MR) is 97.8 cm³/mol. The molecule has 27 heavy (non-hydrogen) atoms. The van der Waals surface area contributed by atoms with E-state index in [1.807, 2.05) is 12.1 Å². The molecule has 0 aliphatic heterocycles. The lowest BCUT2D eigenvalue weighted by Crippen LogP contribution is -2.08. The van der Waals surface area contributed by atoms with Crippen molar-refractivity contribution in [3.63, 3.8) is 0 Å². The standard InChI is InChI=1S/C19H19N5O3/c1-11-20-9-15(17-5-6-18(25)24-23-17)19(22-11)27-10-12-7-14(12)16-4-3-13(26-2)8-21-16/h3-6,8-9,12,14H,7,10H2,1-2H3,(H,24,25)/t12-,14+/m1/s1. The normalized spacial score (nSPS) is 18.1. The van der Waals surface area contributed by atoms with Crippen molar-refractivity contribution in [2.45, 2.75) is 19.3 Å². The van der Waals surface area contributed by atoms with Crippen molar-refractivity contribution in [1.82, 2.24) is 25.1 Å². The lowest BCUT2D eigenvalue weighted by molar-refractivity contribution is 0.285. The Kier molecular flexibility index (Phi) is 4.53. The van der Waals surface area contributed by atoms with E-state index in [0.717, 1.165) is 17.9 Å². The van der Waals surface area contributed by atoms with Crippen LogP contribution in [0.1, 0.15) is 23.9 Å². The molecule has 1 aliphatic rings. The van der Waals surface area contributed by atoms with Crippen molar-refractivity contribution in [1.29, 1.82) is 0 Å². The van der Waals surface area contributed by atoms with Crippen molar-refractivity contribution >= 4 is 0 Å². The minimum atomic E-state index is -0.262. The van der Waals surface area contributed by atoms with Gasteiger partial charge in [-0.15, -0.1) is 0 Å². The number of rotatable bonds is 6. The highest BCUT2D eigenvalue weighted by molar-refractivity contribution is 5.63. The minimum Gasteiger partial charge on any atom is -0.495 e. The van der Waals surface area contributed by atoms with Gasteiger partial charge in [0.1, 0.15) is 11.6 Å². The maximum atomic E-state index is 11.2. The van der Waals surface area contributed by atoms with Crippen molar-refractivity contribution in [3.05, 3.63) is 58.5 Å². The molecule has 0 radical (unpaired) electrons. The van der Waals surface area contributed by atoms with E-state index in [9.17, 15) is 4.79 Å². The number of ether oxygens (including phenoxy) is 2. The molecule has 1 saturated carbocycles. The number of nitrogens with one attached hydrogen (secondary N) is 1. The molecule has 1 fully saturated rings. The molecule has 138 valence electrons. The Bertz CT molecular complexity index is 982. The van der Waals surface area contributed by atoms with Crippen molar-refractivity contribution < 1.29 is 9.47 Å². The van der Waals surface area contributed by atoms with Crippen molar-refractivity contribution in [2.24, 2.45) is 5.92 Å². The smallest absolute Gasteiger partial charge is 0.264 e. The largest absolute Gasteiger partial charge is 0.495 e. The van der Waals surface area contributed by atoms with Crippen molar-refractivity contribution in [3.8, 4) is 22.9 Å². The van der Waals surface area contributed by atoms with Crippen LogP contribution in [0.15, 0.2) is 41.5 Å². The van der Waals surface area contributed by atoms with Gasteiger partial charge in [0.25, 0.3) is 5.56 Å². The van der Waals surface area contributed by atoms with E-state index in [1.165, 1.54) is 6.07 Å². The van der Waals surface area contributed by atoms with Crippen LogP contribution in [0, 0.1) is 12.8 Å². The van der Waals surface area contributed by atoms with Gasteiger partial charge in [-0.2, -0.15) is 10.1 Å². The number of pyridine rings is 1. The minimum absolute atomic E-state index is 0.262. The van der Waals surface area contributed by atoms with E-state index in [4.69, 9.17) is 9.47 Å². The van der Waals surface area contributed by atoms with Gasteiger partial charge < -0.3 is 9.47 Å². The summed E-state index contributed by atoms with van der Waals surface area (Å²) < 4.78 is 11.1. The van der Waals surface area contributed by atoms with Gasteiger partial charge in [-0.25, -0.2) is 10.1 Å². The third-order valence-electron chi connectivity index (χ3n) is 4.56. The lowest BCUT2D eigenvalue weighted by Gasteiger charge is -2.10. The Morgan fingerprint density at radius 1 is 1.19 bits per heavy atom. The summed E-state index contributed by atoms with van der Waals surface area (Å²) in [6, 6.07) is 6.96. The topological polar surface area (TPSA) is 103 Å². The third-order valence-corrected chi connectivity index (χ3v) is 4.56. The number of hydrogen-bond acceptors (Lipinski definition) is 7. The molecule has 3 aromatic heterocycles. The van der Waals surface area contributed by atoms with Gasteiger partial charge >= 0.3 is 0 Å². The maximum absolute atomic E-state index is 11.2. The Morgan fingerprint density at radius 3 is 2.78 bits per heavy atom. The third kappa shape index (κ3) is 3.79. The quantitative estimate of drug-likeness (QED) is 0.713. The van der Waals surface area contributed by atoms with Crippen LogP contribution in [0.25, 0.3) is 11.3 Å². The average molecular weight is 365 g/mol. The number of aromatic amines is 1. The molecular formula is C19H19N5O3. The first-order valence-corrected chi connectivity index (χ1v) is 8.66. The molecule has 8 nitrogen and oxygen atoms in total. The zero-order valence-electron chi connectivity index (χ0n) is 15.0.